The summed E-state index contributed by atoms with van der Waals surface area (Å²) in [4.78, 5) is 29.3. The Morgan fingerprint density at radius 3 is 2.50 bits per heavy atom. The molecule has 1 aliphatic heterocycles. The van der Waals surface area contributed by atoms with Crippen LogP contribution in [0.4, 0.5) is 0 Å². The summed E-state index contributed by atoms with van der Waals surface area (Å²) >= 11 is 1.57. The molecule has 26 heavy (non-hydrogen) atoms. The van der Waals surface area contributed by atoms with E-state index < -0.39 is 0 Å². The molecule has 138 valence electrons. The highest BCUT2D eigenvalue weighted by Crippen LogP contribution is 2.27. The molecular formula is C19H23N3O3S. The first-order chi connectivity index (χ1) is 12.6. The number of benzene rings is 1. The summed E-state index contributed by atoms with van der Waals surface area (Å²) < 4.78 is 5.24. The molecule has 1 fully saturated rings. The van der Waals surface area contributed by atoms with Gasteiger partial charge in [0.1, 0.15) is 5.76 Å². The quantitative estimate of drug-likeness (QED) is 0.754. The number of rotatable bonds is 5. The summed E-state index contributed by atoms with van der Waals surface area (Å²) in [6, 6.07) is 9.54. The monoisotopic (exact) mass is 373 g/mol. The maximum Gasteiger partial charge on any atom is 0.255 e. The van der Waals surface area contributed by atoms with E-state index >= 15 is 0 Å². The van der Waals surface area contributed by atoms with Crippen molar-refractivity contribution in [2.24, 2.45) is 0 Å². The molecule has 1 saturated heterocycles. The fraction of sp³-hybridized carbons (Fsp3) is 0.421. The molecule has 0 N–H and O–H groups in total. The maximum absolute atomic E-state index is 13.0. The van der Waals surface area contributed by atoms with Gasteiger partial charge in [-0.05, 0) is 19.1 Å². The standard InChI is InChI=1S/C19H23N3O3S/c1-3-18(23)21-8-10-22(11-9-21)19(24)16-6-4-5-7-17(16)26-13-15-12-14(2)20-25-15/h4-7,12H,3,8-11,13H2,1-2H3. The van der Waals surface area contributed by atoms with Crippen molar-refractivity contribution in [2.75, 3.05) is 26.2 Å². The number of nitrogens with zero attached hydrogens (tertiary/aromatic N) is 3. The third-order valence-corrected chi connectivity index (χ3v) is 5.48. The predicted molar refractivity (Wildman–Crippen MR) is 100 cm³/mol. The molecular weight excluding hydrogens is 350 g/mol. The summed E-state index contributed by atoms with van der Waals surface area (Å²) in [5.41, 5.74) is 1.55. The Morgan fingerprint density at radius 2 is 1.85 bits per heavy atom. The zero-order chi connectivity index (χ0) is 18.5. The van der Waals surface area contributed by atoms with Crippen LogP contribution >= 0.6 is 11.8 Å². The molecule has 6 nitrogen and oxygen atoms in total. The highest BCUT2D eigenvalue weighted by molar-refractivity contribution is 7.98. The van der Waals surface area contributed by atoms with Crippen LogP contribution in [-0.2, 0) is 10.5 Å². The van der Waals surface area contributed by atoms with Crippen molar-refractivity contribution in [3.8, 4) is 0 Å². The number of carbonyl (C=O) groups excluding carboxylic acids is 2. The minimum Gasteiger partial charge on any atom is -0.360 e. The predicted octanol–water partition coefficient (Wildman–Crippen LogP) is 2.97. The Kier molecular flexibility index (Phi) is 5.98. The molecule has 1 aromatic carbocycles. The number of hydrogen-bond donors (Lipinski definition) is 0. The van der Waals surface area contributed by atoms with E-state index in [0.29, 0.717) is 43.9 Å². The lowest BCUT2D eigenvalue weighted by molar-refractivity contribution is -0.132. The van der Waals surface area contributed by atoms with E-state index in [1.165, 1.54) is 0 Å². The molecule has 7 heteroatoms. The maximum atomic E-state index is 13.0. The van der Waals surface area contributed by atoms with Gasteiger partial charge in [-0.25, -0.2) is 0 Å². The first kappa shape index (κ1) is 18.5. The molecule has 1 aromatic heterocycles. The fourth-order valence-electron chi connectivity index (χ4n) is 2.96. The van der Waals surface area contributed by atoms with Crippen LogP contribution in [0, 0.1) is 6.92 Å². The van der Waals surface area contributed by atoms with Crippen LogP contribution in [0.5, 0.6) is 0 Å². The van der Waals surface area contributed by atoms with Crippen LogP contribution < -0.4 is 0 Å². The van der Waals surface area contributed by atoms with E-state index in [1.807, 2.05) is 54.0 Å². The number of aryl methyl sites for hydroxylation is 1. The van der Waals surface area contributed by atoms with Crippen molar-refractivity contribution in [3.63, 3.8) is 0 Å². The number of carbonyl (C=O) groups is 2. The van der Waals surface area contributed by atoms with Gasteiger partial charge in [0.15, 0.2) is 0 Å². The highest BCUT2D eigenvalue weighted by atomic mass is 32.2. The molecule has 0 saturated carbocycles. The van der Waals surface area contributed by atoms with Crippen molar-refractivity contribution in [1.82, 2.24) is 15.0 Å². The Morgan fingerprint density at radius 1 is 1.15 bits per heavy atom. The largest absolute Gasteiger partial charge is 0.360 e. The first-order valence-electron chi connectivity index (χ1n) is 8.79. The van der Waals surface area contributed by atoms with Gasteiger partial charge in [0.2, 0.25) is 5.91 Å². The van der Waals surface area contributed by atoms with Gasteiger partial charge in [-0.1, -0.05) is 24.2 Å². The topological polar surface area (TPSA) is 66.7 Å². The van der Waals surface area contributed by atoms with Crippen LogP contribution in [0.25, 0.3) is 0 Å². The van der Waals surface area contributed by atoms with E-state index in [4.69, 9.17) is 4.52 Å². The van der Waals surface area contributed by atoms with Crippen LogP contribution in [0.15, 0.2) is 39.8 Å². The van der Waals surface area contributed by atoms with Gasteiger partial charge in [-0.3, -0.25) is 9.59 Å². The fourth-order valence-corrected chi connectivity index (χ4v) is 3.87. The second-order valence-corrected chi connectivity index (χ2v) is 7.26. The van der Waals surface area contributed by atoms with E-state index in [-0.39, 0.29) is 11.8 Å². The molecule has 0 bridgehead atoms. The van der Waals surface area contributed by atoms with E-state index in [0.717, 1.165) is 16.3 Å². The second kappa shape index (κ2) is 8.40. The zero-order valence-corrected chi connectivity index (χ0v) is 15.9. The Hall–Kier alpha value is -2.28. The molecule has 1 aliphatic rings. The van der Waals surface area contributed by atoms with Crippen molar-refractivity contribution in [3.05, 3.63) is 47.3 Å². The second-order valence-electron chi connectivity index (χ2n) is 6.25. The van der Waals surface area contributed by atoms with E-state index in [9.17, 15) is 9.59 Å². The molecule has 0 atom stereocenters. The summed E-state index contributed by atoms with van der Waals surface area (Å²) in [5.74, 6) is 1.59. The van der Waals surface area contributed by atoms with Crippen LogP contribution in [0.1, 0.15) is 35.2 Å². The van der Waals surface area contributed by atoms with Crippen molar-refractivity contribution in [1.29, 1.82) is 0 Å². The molecule has 2 amide bonds. The molecule has 2 heterocycles. The molecule has 0 unspecified atom stereocenters. The lowest BCUT2D eigenvalue weighted by atomic mass is 10.1. The van der Waals surface area contributed by atoms with Crippen molar-refractivity contribution in [2.45, 2.75) is 30.9 Å². The van der Waals surface area contributed by atoms with Gasteiger partial charge >= 0.3 is 0 Å². The van der Waals surface area contributed by atoms with Crippen LogP contribution in [-0.4, -0.2) is 52.9 Å². The number of piperazine rings is 1. The van der Waals surface area contributed by atoms with Crippen molar-refractivity contribution < 1.29 is 14.1 Å². The SMILES string of the molecule is CCC(=O)N1CCN(C(=O)c2ccccc2SCc2cc(C)no2)CC1. The third kappa shape index (κ3) is 4.27. The lowest BCUT2D eigenvalue weighted by Crippen LogP contribution is -2.50. The smallest absolute Gasteiger partial charge is 0.255 e. The van der Waals surface area contributed by atoms with E-state index in [2.05, 4.69) is 5.16 Å². The van der Waals surface area contributed by atoms with Gasteiger partial charge in [0.05, 0.1) is 17.0 Å². The molecule has 0 aliphatic carbocycles. The highest BCUT2D eigenvalue weighted by Gasteiger charge is 2.25. The van der Waals surface area contributed by atoms with Gasteiger partial charge in [-0.2, -0.15) is 0 Å². The Balaban J connectivity index is 1.65. The summed E-state index contributed by atoms with van der Waals surface area (Å²) in [7, 11) is 0. The first-order valence-corrected chi connectivity index (χ1v) is 9.78. The minimum atomic E-state index is 0.0189. The summed E-state index contributed by atoms with van der Waals surface area (Å²) in [5, 5.41) is 3.89. The number of aromatic nitrogens is 1. The Labute approximate surface area is 157 Å². The number of hydrogen-bond acceptors (Lipinski definition) is 5. The number of amides is 2. The van der Waals surface area contributed by atoms with Crippen molar-refractivity contribution >= 4 is 23.6 Å². The molecule has 2 aromatic rings. The van der Waals surface area contributed by atoms with Crippen LogP contribution in [0.2, 0.25) is 0 Å². The minimum absolute atomic E-state index is 0.0189. The number of thioether (sulfide) groups is 1. The van der Waals surface area contributed by atoms with Crippen LogP contribution in [0.3, 0.4) is 0 Å². The summed E-state index contributed by atoms with van der Waals surface area (Å²) in [6.07, 6.45) is 0.508. The average Bonchev–Trinajstić information content (AvgIpc) is 3.10. The van der Waals surface area contributed by atoms with Gasteiger partial charge in [0, 0.05) is 43.6 Å². The normalized spacial score (nSPS) is 14.5. The van der Waals surface area contributed by atoms with Gasteiger partial charge < -0.3 is 14.3 Å². The average molecular weight is 373 g/mol. The third-order valence-electron chi connectivity index (χ3n) is 4.39. The van der Waals surface area contributed by atoms with Gasteiger partial charge in [0.25, 0.3) is 5.91 Å². The Bertz CT molecular complexity index is 782. The zero-order valence-electron chi connectivity index (χ0n) is 15.1. The lowest BCUT2D eigenvalue weighted by Gasteiger charge is -2.35. The molecule has 0 spiro atoms. The molecule has 3 rings (SSSR count). The summed E-state index contributed by atoms with van der Waals surface area (Å²) in [6.45, 7) is 6.10. The van der Waals surface area contributed by atoms with E-state index in [1.54, 1.807) is 11.8 Å². The molecule has 0 radical (unpaired) electrons. The van der Waals surface area contributed by atoms with Gasteiger partial charge in [-0.15, -0.1) is 11.8 Å².